The molecule has 4 N–H and O–H groups in total. The Labute approximate surface area is 109 Å². The quantitative estimate of drug-likeness (QED) is 0.751. The van der Waals surface area contributed by atoms with Gasteiger partial charge in [0.15, 0.2) is 0 Å². The van der Waals surface area contributed by atoms with E-state index in [-0.39, 0.29) is 0 Å². The molecule has 1 aromatic rings. The fourth-order valence-corrected chi connectivity index (χ4v) is 2.92. The number of hydrogen-bond donors (Lipinski definition) is 3. The van der Waals surface area contributed by atoms with Crippen LogP contribution in [0.1, 0.15) is 50.7 Å². The van der Waals surface area contributed by atoms with Crippen molar-refractivity contribution < 1.29 is 10.2 Å². The van der Waals surface area contributed by atoms with Crippen molar-refractivity contribution in [3.63, 3.8) is 0 Å². The second-order valence-corrected chi connectivity index (χ2v) is 6.05. The van der Waals surface area contributed by atoms with Gasteiger partial charge in [-0.25, -0.2) is 0 Å². The fourth-order valence-electron chi connectivity index (χ4n) is 2.92. The molecule has 1 aromatic carbocycles. The van der Waals surface area contributed by atoms with Crippen molar-refractivity contribution in [2.75, 3.05) is 0 Å². The van der Waals surface area contributed by atoms with Gasteiger partial charge < -0.3 is 15.9 Å². The van der Waals surface area contributed by atoms with Crippen molar-refractivity contribution >= 4 is 0 Å². The number of rotatable bonds is 2. The molecule has 1 aliphatic carbocycles. The maximum Gasteiger partial charge on any atom is 0.0924 e. The predicted octanol–water partition coefficient (Wildman–Crippen LogP) is 2.00. The maximum atomic E-state index is 10.8. The Morgan fingerprint density at radius 2 is 2.00 bits per heavy atom. The molecule has 0 aliphatic heterocycles. The van der Waals surface area contributed by atoms with Gasteiger partial charge in [0.2, 0.25) is 0 Å². The van der Waals surface area contributed by atoms with Gasteiger partial charge in [0, 0.05) is 12.0 Å². The lowest BCUT2D eigenvalue weighted by Gasteiger charge is -2.38. The molecule has 0 heterocycles. The summed E-state index contributed by atoms with van der Waals surface area (Å²) in [5.74, 6) is 0. The van der Waals surface area contributed by atoms with Crippen LogP contribution in [0.2, 0.25) is 0 Å². The van der Waals surface area contributed by atoms with Crippen molar-refractivity contribution in [1.82, 2.24) is 0 Å². The van der Waals surface area contributed by atoms with Crippen LogP contribution in [-0.4, -0.2) is 16.3 Å². The van der Waals surface area contributed by atoms with Crippen molar-refractivity contribution in [3.05, 3.63) is 35.4 Å². The number of aliphatic hydroxyl groups excluding tert-OH is 1. The highest BCUT2D eigenvalue weighted by Gasteiger charge is 2.38. The monoisotopic (exact) mass is 249 g/mol. The highest BCUT2D eigenvalue weighted by molar-refractivity contribution is 5.37. The van der Waals surface area contributed by atoms with Crippen LogP contribution in [-0.2, 0) is 11.1 Å². The lowest BCUT2D eigenvalue weighted by atomic mass is 9.74. The van der Waals surface area contributed by atoms with Crippen molar-refractivity contribution in [1.29, 1.82) is 0 Å². The Morgan fingerprint density at radius 1 is 1.33 bits per heavy atom. The van der Waals surface area contributed by atoms with E-state index < -0.39 is 17.2 Å². The molecule has 0 saturated heterocycles. The number of benzene rings is 1. The normalized spacial score (nSPS) is 29.3. The lowest BCUT2D eigenvalue weighted by Crippen LogP contribution is -2.39. The Balaban J connectivity index is 2.44. The Bertz CT molecular complexity index is 425. The van der Waals surface area contributed by atoms with Gasteiger partial charge >= 0.3 is 0 Å². The van der Waals surface area contributed by atoms with Gasteiger partial charge in [-0.05, 0) is 44.2 Å². The highest BCUT2D eigenvalue weighted by atomic mass is 16.3. The van der Waals surface area contributed by atoms with Crippen LogP contribution in [0.25, 0.3) is 0 Å². The number of aliphatic hydroxyl groups is 2. The summed E-state index contributed by atoms with van der Waals surface area (Å²) in [5.41, 5.74) is 6.58. The molecule has 2 unspecified atom stereocenters. The topological polar surface area (TPSA) is 66.5 Å². The Morgan fingerprint density at radius 3 is 2.61 bits per heavy atom. The third kappa shape index (κ3) is 2.58. The molecule has 0 spiro atoms. The first-order valence-corrected chi connectivity index (χ1v) is 6.62. The molecule has 0 amide bonds. The largest absolute Gasteiger partial charge is 0.393 e. The second kappa shape index (κ2) is 4.65. The molecule has 2 atom stereocenters. The zero-order chi connectivity index (χ0) is 13.4. The highest BCUT2D eigenvalue weighted by Crippen LogP contribution is 2.40. The van der Waals surface area contributed by atoms with Crippen LogP contribution in [0.4, 0.5) is 0 Å². The third-order valence-corrected chi connectivity index (χ3v) is 3.82. The van der Waals surface area contributed by atoms with E-state index in [1.165, 1.54) is 0 Å². The first kappa shape index (κ1) is 13.5. The molecule has 1 saturated carbocycles. The van der Waals surface area contributed by atoms with Crippen molar-refractivity contribution in [2.24, 2.45) is 5.73 Å². The summed E-state index contributed by atoms with van der Waals surface area (Å²) in [6.45, 7) is 3.88. The fraction of sp³-hybridized carbons (Fsp3) is 0.600. The molecule has 1 fully saturated rings. The molecule has 0 radical (unpaired) electrons. The predicted molar refractivity (Wildman–Crippen MR) is 72.0 cm³/mol. The van der Waals surface area contributed by atoms with E-state index in [1.54, 1.807) is 0 Å². The molecule has 0 aromatic heterocycles. The maximum absolute atomic E-state index is 10.8. The third-order valence-electron chi connectivity index (χ3n) is 3.82. The number of nitrogens with two attached hydrogens (primary N) is 1. The van der Waals surface area contributed by atoms with Gasteiger partial charge in [0.1, 0.15) is 0 Å². The van der Waals surface area contributed by atoms with Crippen LogP contribution in [0.3, 0.4) is 0 Å². The zero-order valence-electron chi connectivity index (χ0n) is 11.2. The summed E-state index contributed by atoms with van der Waals surface area (Å²) in [6.07, 6.45) is 2.29. The molecule has 18 heavy (non-hydrogen) atoms. The summed E-state index contributed by atoms with van der Waals surface area (Å²) in [4.78, 5) is 0. The zero-order valence-corrected chi connectivity index (χ0v) is 11.2. The minimum atomic E-state index is -0.940. The Kier molecular flexibility index (Phi) is 3.49. The van der Waals surface area contributed by atoms with Crippen molar-refractivity contribution in [2.45, 2.75) is 56.8 Å². The van der Waals surface area contributed by atoms with Gasteiger partial charge in [-0.15, -0.1) is 0 Å². The van der Waals surface area contributed by atoms with Crippen LogP contribution in [0, 0.1) is 0 Å². The average Bonchev–Trinajstić information content (AvgIpc) is 2.27. The summed E-state index contributed by atoms with van der Waals surface area (Å²) in [5, 5.41) is 20.7. The van der Waals surface area contributed by atoms with Crippen LogP contribution in [0.5, 0.6) is 0 Å². The van der Waals surface area contributed by atoms with Gasteiger partial charge in [-0.2, -0.15) is 0 Å². The smallest absolute Gasteiger partial charge is 0.0924 e. The second-order valence-electron chi connectivity index (χ2n) is 6.05. The van der Waals surface area contributed by atoms with Crippen LogP contribution >= 0.6 is 0 Å². The van der Waals surface area contributed by atoms with Gasteiger partial charge in [0.25, 0.3) is 0 Å². The van der Waals surface area contributed by atoms with E-state index in [0.717, 1.165) is 24.0 Å². The van der Waals surface area contributed by atoms with Gasteiger partial charge in [-0.1, -0.05) is 24.3 Å². The lowest BCUT2D eigenvalue weighted by molar-refractivity contribution is -0.0509. The van der Waals surface area contributed by atoms with Gasteiger partial charge in [0.05, 0.1) is 11.7 Å². The van der Waals surface area contributed by atoms with Crippen molar-refractivity contribution in [3.8, 4) is 0 Å². The van der Waals surface area contributed by atoms with E-state index >= 15 is 0 Å². The first-order chi connectivity index (χ1) is 8.33. The minimum Gasteiger partial charge on any atom is -0.393 e. The summed E-state index contributed by atoms with van der Waals surface area (Å²) in [7, 11) is 0. The van der Waals surface area contributed by atoms with E-state index in [2.05, 4.69) is 0 Å². The molecule has 1 aliphatic rings. The molecular formula is C15H23NO2. The van der Waals surface area contributed by atoms with E-state index in [4.69, 9.17) is 5.73 Å². The van der Waals surface area contributed by atoms with Crippen LogP contribution < -0.4 is 5.73 Å². The molecular weight excluding hydrogens is 226 g/mol. The number of hydrogen-bond acceptors (Lipinski definition) is 3. The van der Waals surface area contributed by atoms with Crippen LogP contribution in [0.15, 0.2) is 24.3 Å². The first-order valence-electron chi connectivity index (χ1n) is 6.62. The summed E-state index contributed by atoms with van der Waals surface area (Å²) < 4.78 is 0. The van der Waals surface area contributed by atoms with E-state index in [1.807, 2.05) is 38.1 Å². The summed E-state index contributed by atoms with van der Waals surface area (Å²) in [6, 6.07) is 7.76. The molecule has 100 valence electrons. The molecule has 3 heteroatoms. The van der Waals surface area contributed by atoms with Gasteiger partial charge in [-0.3, -0.25) is 0 Å². The Hall–Kier alpha value is -0.900. The molecule has 2 rings (SSSR count). The average molecular weight is 249 g/mol. The standard InChI is InChI=1S/C15H23NO2/c1-14(2,16)12-7-3-4-8-13(12)15(18)9-5-6-11(17)10-15/h3-4,7-8,11,17-18H,5-6,9-10,16H2,1-2H3. The summed E-state index contributed by atoms with van der Waals surface area (Å²) >= 11 is 0. The SMILES string of the molecule is CC(C)(N)c1ccccc1C1(O)CCCC(O)C1. The van der Waals surface area contributed by atoms with E-state index in [9.17, 15) is 10.2 Å². The van der Waals surface area contributed by atoms with E-state index in [0.29, 0.717) is 12.8 Å². The minimum absolute atomic E-state index is 0.403. The molecule has 3 nitrogen and oxygen atoms in total. The molecule has 0 bridgehead atoms.